The maximum absolute atomic E-state index is 11.3. The molecule has 0 heterocycles. The van der Waals surface area contributed by atoms with Crippen LogP contribution < -0.4 is 0 Å². The van der Waals surface area contributed by atoms with Crippen LogP contribution in [0.5, 0.6) is 0 Å². The van der Waals surface area contributed by atoms with Gasteiger partial charge in [0.1, 0.15) is 0 Å². The van der Waals surface area contributed by atoms with E-state index in [4.69, 9.17) is 4.84 Å². The number of carboxylic acid groups (broad SMARTS) is 1. The molecular weight excluding hydrogens is 270 g/mol. The first kappa shape index (κ1) is 14.7. The minimum atomic E-state index is -2.13. The van der Waals surface area contributed by atoms with E-state index < -0.39 is 18.2 Å². The van der Waals surface area contributed by atoms with Crippen molar-refractivity contribution in [1.82, 2.24) is 0 Å². The van der Waals surface area contributed by atoms with E-state index in [2.05, 4.69) is 5.16 Å². The first-order valence-corrected chi connectivity index (χ1v) is 6.34. The van der Waals surface area contributed by atoms with Gasteiger partial charge >= 0.3 is 5.97 Å². The summed E-state index contributed by atoms with van der Waals surface area (Å²) in [4.78, 5) is 16.3. The van der Waals surface area contributed by atoms with E-state index in [1.54, 1.807) is 18.2 Å². The normalized spacial score (nSPS) is 13.8. The van der Waals surface area contributed by atoms with E-state index in [1.165, 1.54) is 18.3 Å². The Morgan fingerprint density at radius 2 is 1.67 bits per heavy atom. The number of rotatable bonds is 6. The van der Waals surface area contributed by atoms with Gasteiger partial charge in [0.05, 0.1) is 6.21 Å². The van der Waals surface area contributed by atoms with Gasteiger partial charge in [0.15, 0.2) is 6.61 Å². The summed E-state index contributed by atoms with van der Waals surface area (Å²) in [5, 5.41) is 23.2. The molecule has 0 radical (unpaired) electrons. The third-order valence-corrected chi connectivity index (χ3v) is 2.95. The molecule has 0 aliphatic rings. The van der Waals surface area contributed by atoms with Gasteiger partial charge in [-0.15, -0.1) is 0 Å². The second-order valence-corrected chi connectivity index (χ2v) is 4.45. The molecule has 1 atom stereocenters. The third-order valence-electron chi connectivity index (χ3n) is 2.95. The number of oxime groups is 1. The summed E-state index contributed by atoms with van der Waals surface area (Å²) in [6.07, 6.45) is 1.45. The van der Waals surface area contributed by atoms with E-state index in [0.29, 0.717) is 0 Å². The number of hydrogen-bond donors (Lipinski definition) is 2. The third kappa shape index (κ3) is 3.67. The van der Waals surface area contributed by atoms with Gasteiger partial charge in [-0.2, -0.15) is 0 Å². The van der Waals surface area contributed by atoms with Crippen LogP contribution >= 0.6 is 0 Å². The van der Waals surface area contributed by atoms with Crippen LogP contribution in [0.2, 0.25) is 0 Å². The number of aliphatic carboxylic acids is 1. The van der Waals surface area contributed by atoms with E-state index in [0.717, 1.165) is 5.56 Å². The van der Waals surface area contributed by atoms with Gasteiger partial charge in [-0.1, -0.05) is 65.8 Å². The molecule has 5 nitrogen and oxygen atoms in total. The van der Waals surface area contributed by atoms with Crippen LogP contribution in [0.25, 0.3) is 0 Å². The Morgan fingerprint density at radius 1 is 1.10 bits per heavy atom. The Kier molecular flexibility index (Phi) is 4.68. The van der Waals surface area contributed by atoms with Crippen LogP contribution in [0.1, 0.15) is 11.1 Å². The molecular formula is C16H15NO4. The Hall–Kier alpha value is -2.66. The summed E-state index contributed by atoms with van der Waals surface area (Å²) in [7, 11) is 0. The number of hydrogen-bond acceptors (Lipinski definition) is 4. The summed E-state index contributed by atoms with van der Waals surface area (Å²) in [6, 6.07) is 17.3. The van der Waals surface area contributed by atoms with Crippen molar-refractivity contribution in [2.75, 3.05) is 6.61 Å². The molecule has 2 rings (SSSR count). The van der Waals surface area contributed by atoms with Gasteiger partial charge in [0, 0.05) is 0 Å². The van der Waals surface area contributed by atoms with Crippen molar-refractivity contribution in [2.24, 2.45) is 5.16 Å². The van der Waals surface area contributed by atoms with Gasteiger partial charge in [0.25, 0.3) is 0 Å². The summed E-state index contributed by atoms with van der Waals surface area (Å²) in [5.74, 6) is -1.39. The Balaban J connectivity index is 2.05. The minimum absolute atomic E-state index is 0.243. The predicted molar refractivity (Wildman–Crippen MR) is 78.0 cm³/mol. The summed E-state index contributed by atoms with van der Waals surface area (Å²) in [6.45, 7) is -0.477. The number of aliphatic hydroxyl groups is 1. The lowest BCUT2D eigenvalue weighted by Crippen LogP contribution is -2.39. The maximum Gasteiger partial charge on any atom is 0.344 e. The first-order valence-electron chi connectivity index (χ1n) is 6.34. The fraction of sp³-hybridized carbons (Fsp3) is 0.125. The van der Waals surface area contributed by atoms with Crippen LogP contribution in [0, 0.1) is 0 Å². The molecule has 108 valence electrons. The van der Waals surface area contributed by atoms with E-state index >= 15 is 0 Å². The van der Waals surface area contributed by atoms with Crippen molar-refractivity contribution in [2.45, 2.75) is 5.60 Å². The predicted octanol–water partition coefficient (Wildman–Crippen LogP) is 2.01. The van der Waals surface area contributed by atoms with Gasteiger partial charge in [-0.3, -0.25) is 0 Å². The van der Waals surface area contributed by atoms with Crippen molar-refractivity contribution >= 4 is 12.2 Å². The molecule has 0 saturated carbocycles. The lowest BCUT2D eigenvalue weighted by atomic mass is 9.95. The average Bonchev–Trinajstić information content (AvgIpc) is 2.53. The zero-order valence-corrected chi connectivity index (χ0v) is 11.2. The van der Waals surface area contributed by atoms with Crippen molar-refractivity contribution in [3.63, 3.8) is 0 Å². The molecule has 0 aliphatic heterocycles. The number of carbonyl (C=O) groups is 1. The van der Waals surface area contributed by atoms with Gasteiger partial charge < -0.3 is 15.1 Å². The fourth-order valence-corrected chi connectivity index (χ4v) is 1.75. The second kappa shape index (κ2) is 6.67. The molecule has 2 N–H and O–H groups in total. The van der Waals surface area contributed by atoms with Gasteiger partial charge in [-0.25, -0.2) is 4.79 Å². The molecule has 0 amide bonds. The molecule has 0 bridgehead atoms. The van der Waals surface area contributed by atoms with Gasteiger partial charge in [0.2, 0.25) is 5.60 Å². The molecule has 0 aliphatic carbocycles. The number of benzene rings is 2. The van der Waals surface area contributed by atoms with Crippen LogP contribution in [0.3, 0.4) is 0 Å². The van der Waals surface area contributed by atoms with Gasteiger partial charge in [-0.05, 0) is 11.1 Å². The summed E-state index contributed by atoms with van der Waals surface area (Å²) < 4.78 is 0. The quantitative estimate of drug-likeness (QED) is 0.628. The highest BCUT2D eigenvalue weighted by molar-refractivity contribution is 5.80. The van der Waals surface area contributed by atoms with Crippen LogP contribution in [0.4, 0.5) is 0 Å². The van der Waals surface area contributed by atoms with E-state index in [1.807, 2.05) is 30.3 Å². The number of carboxylic acids is 1. The second-order valence-electron chi connectivity index (χ2n) is 4.45. The van der Waals surface area contributed by atoms with E-state index in [9.17, 15) is 15.0 Å². The standard InChI is InChI=1S/C16H15NO4/c18-15(19)16(20,14-9-5-2-6-10-14)12-21-17-11-13-7-3-1-4-8-13/h1-11,20H,12H2,(H,18,19)/b17-11+. The number of nitrogens with zero attached hydrogens (tertiary/aromatic N) is 1. The Labute approximate surface area is 122 Å². The van der Waals surface area contributed by atoms with Crippen LogP contribution in [0.15, 0.2) is 65.8 Å². The molecule has 5 heteroatoms. The highest BCUT2D eigenvalue weighted by Gasteiger charge is 2.39. The van der Waals surface area contributed by atoms with Crippen molar-refractivity contribution in [3.8, 4) is 0 Å². The highest BCUT2D eigenvalue weighted by Crippen LogP contribution is 2.21. The molecule has 0 fully saturated rings. The van der Waals surface area contributed by atoms with Crippen LogP contribution in [-0.4, -0.2) is 29.0 Å². The average molecular weight is 285 g/mol. The molecule has 0 saturated heterocycles. The first-order chi connectivity index (χ1) is 10.1. The molecule has 2 aromatic carbocycles. The summed E-state index contributed by atoms with van der Waals surface area (Å²) in [5.41, 5.74) is -1.07. The highest BCUT2D eigenvalue weighted by atomic mass is 16.6. The lowest BCUT2D eigenvalue weighted by Gasteiger charge is -2.22. The molecule has 1 unspecified atom stereocenters. The minimum Gasteiger partial charge on any atom is -0.479 e. The van der Waals surface area contributed by atoms with Crippen molar-refractivity contribution < 1.29 is 19.8 Å². The van der Waals surface area contributed by atoms with Crippen LogP contribution in [-0.2, 0) is 15.2 Å². The zero-order chi connectivity index (χ0) is 15.1. The fourth-order valence-electron chi connectivity index (χ4n) is 1.75. The molecule has 0 aromatic heterocycles. The zero-order valence-electron chi connectivity index (χ0n) is 11.2. The Bertz CT molecular complexity index is 613. The topological polar surface area (TPSA) is 79.1 Å². The summed E-state index contributed by atoms with van der Waals surface area (Å²) >= 11 is 0. The smallest absolute Gasteiger partial charge is 0.344 e. The molecule has 21 heavy (non-hydrogen) atoms. The van der Waals surface area contributed by atoms with Crippen molar-refractivity contribution in [1.29, 1.82) is 0 Å². The largest absolute Gasteiger partial charge is 0.479 e. The molecule has 0 spiro atoms. The monoisotopic (exact) mass is 285 g/mol. The Morgan fingerprint density at radius 3 is 2.24 bits per heavy atom. The maximum atomic E-state index is 11.3. The molecule has 2 aromatic rings. The van der Waals surface area contributed by atoms with Crippen molar-refractivity contribution in [3.05, 3.63) is 71.8 Å². The SMILES string of the molecule is O=C(O)C(O)(CO/N=C/c1ccccc1)c1ccccc1. The lowest BCUT2D eigenvalue weighted by molar-refractivity contribution is -0.167. The van der Waals surface area contributed by atoms with E-state index in [-0.39, 0.29) is 5.56 Å².